The van der Waals surface area contributed by atoms with Crippen molar-refractivity contribution in [3.8, 4) is 0 Å². The first kappa shape index (κ1) is 25.2. The van der Waals surface area contributed by atoms with Gasteiger partial charge in [0, 0.05) is 36.4 Å². The normalized spacial score (nSPS) is 28.6. The average Bonchev–Trinajstić information content (AvgIpc) is 3.39. The molecule has 2 aromatic heterocycles. The highest BCUT2D eigenvalue weighted by Crippen LogP contribution is 2.30. The van der Waals surface area contributed by atoms with Gasteiger partial charge in [0.2, 0.25) is 0 Å². The van der Waals surface area contributed by atoms with Gasteiger partial charge in [-0.1, -0.05) is 0 Å². The van der Waals surface area contributed by atoms with Crippen molar-refractivity contribution in [1.29, 1.82) is 0 Å². The number of nitrogens with zero attached hydrogens (tertiary/aromatic N) is 2. The molecule has 4 N–H and O–H groups in total. The summed E-state index contributed by atoms with van der Waals surface area (Å²) in [5.41, 5.74) is -1.55. The molecule has 0 amide bonds. The van der Waals surface area contributed by atoms with E-state index in [9.17, 15) is 29.4 Å². The fourth-order valence-corrected chi connectivity index (χ4v) is 4.15. The van der Waals surface area contributed by atoms with Gasteiger partial charge in [-0.2, -0.15) is 0 Å². The summed E-state index contributed by atoms with van der Waals surface area (Å²) in [5, 5.41) is 19.9. The number of ether oxygens (including phenoxy) is 4. The van der Waals surface area contributed by atoms with Gasteiger partial charge in [0.25, 0.3) is 11.1 Å². The number of aliphatic hydroxyl groups is 2. The molecule has 0 saturated carbocycles. The molecule has 2 aliphatic heterocycles. The molecule has 2 aliphatic rings. The van der Waals surface area contributed by atoms with Crippen LogP contribution in [0.15, 0.2) is 31.6 Å². The fraction of sp³-hybridized carbons (Fsp3) is 0.619. The standard InChI is InChI=1S/C21H28N4O10/c1-10-5-24(20(30)22-18(10)28)16-3-12(27)15(35-16)8-32-9-33-13-4-17(34-14(13)7-26)25-6-11(2)19(29)23-21(25)31/h5-6,12-17,26-27H,3-4,7-9H2,1-2H3,(H,22,28,30)(H,23,29,31)/t12-,13-,14+,15+,16+,17+/m0/s1. The molecule has 14 nitrogen and oxygen atoms in total. The molecule has 35 heavy (non-hydrogen) atoms. The number of aromatic nitrogens is 4. The Balaban J connectivity index is 1.30. The lowest BCUT2D eigenvalue weighted by atomic mass is 10.2. The molecule has 0 radical (unpaired) electrons. The van der Waals surface area contributed by atoms with Crippen molar-refractivity contribution in [3.05, 3.63) is 65.2 Å². The first-order valence-corrected chi connectivity index (χ1v) is 11.1. The van der Waals surface area contributed by atoms with Crippen molar-refractivity contribution in [3.63, 3.8) is 0 Å². The van der Waals surface area contributed by atoms with Crippen LogP contribution in [-0.2, 0) is 18.9 Å². The summed E-state index contributed by atoms with van der Waals surface area (Å²) in [7, 11) is 0. The van der Waals surface area contributed by atoms with Crippen molar-refractivity contribution >= 4 is 0 Å². The van der Waals surface area contributed by atoms with Gasteiger partial charge < -0.3 is 29.2 Å². The molecule has 0 bridgehead atoms. The first-order chi connectivity index (χ1) is 16.7. The highest BCUT2D eigenvalue weighted by Gasteiger charge is 2.38. The molecule has 0 aromatic carbocycles. The van der Waals surface area contributed by atoms with E-state index in [2.05, 4.69) is 9.97 Å². The summed E-state index contributed by atoms with van der Waals surface area (Å²) in [6, 6.07) is 0. The molecule has 2 saturated heterocycles. The van der Waals surface area contributed by atoms with E-state index in [1.807, 2.05) is 0 Å². The van der Waals surface area contributed by atoms with Gasteiger partial charge in [-0.05, 0) is 13.8 Å². The Hall–Kier alpha value is -2.88. The third kappa shape index (κ3) is 5.37. The van der Waals surface area contributed by atoms with Gasteiger partial charge in [-0.15, -0.1) is 0 Å². The zero-order valence-electron chi connectivity index (χ0n) is 19.2. The Bertz CT molecular complexity index is 1280. The zero-order chi connectivity index (χ0) is 25.3. The fourth-order valence-electron chi connectivity index (χ4n) is 4.15. The Morgan fingerprint density at radius 1 is 0.943 bits per heavy atom. The Kier molecular flexibility index (Phi) is 7.49. The van der Waals surface area contributed by atoms with Crippen LogP contribution in [0.3, 0.4) is 0 Å². The number of aryl methyl sites for hydroxylation is 2. The topological polar surface area (TPSA) is 187 Å². The van der Waals surface area contributed by atoms with Crippen molar-refractivity contribution in [2.75, 3.05) is 20.0 Å². The van der Waals surface area contributed by atoms with Crippen molar-refractivity contribution in [2.24, 2.45) is 0 Å². The molecule has 4 rings (SSSR count). The SMILES string of the molecule is Cc1cn([C@H]2C[C@H](OCOC[C@H]3O[C@@H](n4cc(C)c(=O)[nH]c4=O)C[C@@H]3O)[C@@H](CO)O2)c(=O)[nH]c1=O. The van der Waals surface area contributed by atoms with E-state index in [-0.39, 0.29) is 32.8 Å². The van der Waals surface area contributed by atoms with Crippen LogP contribution in [0.1, 0.15) is 36.4 Å². The van der Waals surface area contributed by atoms with Crippen molar-refractivity contribution in [1.82, 2.24) is 19.1 Å². The van der Waals surface area contributed by atoms with Gasteiger partial charge >= 0.3 is 11.4 Å². The minimum Gasteiger partial charge on any atom is -0.394 e. The maximum Gasteiger partial charge on any atom is 0.330 e. The molecule has 6 atom stereocenters. The second-order valence-electron chi connectivity index (χ2n) is 8.63. The van der Waals surface area contributed by atoms with E-state index >= 15 is 0 Å². The molecule has 0 spiro atoms. The van der Waals surface area contributed by atoms with Crippen LogP contribution in [0.5, 0.6) is 0 Å². The van der Waals surface area contributed by atoms with Crippen molar-refractivity contribution < 1.29 is 29.2 Å². The van der Waals surface area contributed by atoms with Crippen molar-refractivity contribution in [2.45, 2.75) is 63.6 Å². The second kappa shape index (κ2) is 10.4. The van der Waals surface area contributed by atoms with Gasteiger partial charge in [-0.25, -0.2) is 9.59 Å². The molecular weight excluding hydrogens is 468 g/mol. The van der Waals surface area contributed by atoms with Crippen LogP contribution >= 0.6 is 0 Å². The first-order valence-electron chi connectivity index (χ1n) is 11.1. The Labute approximate surface area is 197 Å². The molecule has 4 heterocycles. The third-order valence-corrected chi connectivity index (χ3v) is 6.12. The van der Waals surface area contributed by atoms with Crippen LogP contribution in [0.25, 0.3) is 0 Å². The smallest absolute Gasteiger partial charge is 0.330 e. The van der Waals surface area contributed by atoms with Crippen LogP contribution in [0.2, 0.25) is 0 Å². The summed E-state index contributed by atoms with van der Waals surface area (Å²) in [6.07, 6.45) is -1.29. The van der Waals surface area contributed by atoms with E-state index in [0.29, 0.717) is 11.1 Å². The molecular formula is C21H28N4O10. The summed E-state index contributed by atoms with van der Waals surface area (Å²) in [4.78, 5) is 51.8. The van der Waals surface area contributed by atoms with Crippen LogP contribution < -0.4 is 22.5 Å². The summed E-state index contributed by atoms with van der Waals surface area (Å²) in [5.74, 6) is 0. The lowest BCUT2D eigenvalue weighted by molar-refractivity contribution is -0.142. The van der Waals surface area contributed by atoms with Gasteiger partial charge in [0.05, 0.1) is 25.4 Å². The molecule has 192 valence electrons. The monoisotopic (exact) mass is 496 g/mol. The third-order valence-electron chi connectivity index (χ3n) is 6.12. The van der Waals surface area contributed by atoms with Crippen LogP contribution in [-0.4, -0.2) is 73.7 Å². The largest absolute Gasteiger partial charge is 0.394 e. The lowest BCUT2D eigenvalue weighted by Crippen LogP contribution is -2.33. The summed E-state index contributed by atoms with van der Waals surface area (Å²) in [6.45, 7) is 2.54. The van der Waals surface area contributed by atoms with Gasteiger partial charge in [-0.3, -0.25) is 28.7 Å². The highest BCUT2D eigenvalue weighted by molar-refractivity contribution is 5.03. The highest BCUT2D eigenvalue weighted by atomic mass is 16.7. The number of rotatable bonds is 8. The molecule has 0 aliphatic carbocycles. The predicted octanol–water partition coefficient (Wildman–Crippen LogP) is -2.01. The molecule has 2 aromatic rings. The maximum absolute atomic E-state index is 12.1. The minimum atomic E-state index is -0.904. The Morgan fingerprint density at radius 3 is 2.06 bits per heavy atom. The number of H-pyrrole nitrogens is 2. The second-order valence-corrected chi connectivity index (χ2v) is 8.63. The Morgan fingerprint density at radius 2 is 1.49 bits per heavy atom. The van der Waals surface area contributed by atoms with Gasteiger partial charge in [0.15, 0.2) is 0 Å². The summed E-state index contributed by atoms with van der Waals surface area (Å²) < 4.78 is 25.1. The van der Waals surface area contributed by atoms with Crippen LogP contribution in [0, 0.1) is 13.8 Å². The predicted molar refractivity (Wildman–Crippen MR) is 118 cm³/mol. The number of aliphatic hydroxyl groups excluding tert-OH is 2. The molecule has 2 fully saturated rings. The van der Waals surface area contributed by atoms with Crippen LogP contribution in [0.4, 0.5) is 0 Å². The minimum absolute atomic E-state index is 0.0336. The maximum atomic E-state index is 12.1. The quantitative estimate of drug-likeness (QED) is 0.235. The van der Waals surface area contributed by atoms with Gasteiger partial charge in [0.1, 0.15) is 31.5 Å². The number of hydrogen-bond acceptors (Lipinski definition) is 10. The van der Waals surface area contributed by atoms with E-state index in [1.54, 1.807) is 13.8 Å². The lowest BCUT2D eigenvalue weighted by Gasteiger charge is -2.19. The van der Waals surface area contributed by atoms with E-state index < -0.39 is 59.4 Å². The molecule has 0 unspecified atom stereocenters. The number of aromatic amines is 2. The zero-order valence-corrected chi connectivity index (χ0v) is 19.2. The number of nitrogens with one attached hydrogen (secondary N) is 2. The number of hydrogen-bond donors (Lipinski definition) is 4. The molecule has 14 heteroatoms. The summed E-state index contributed by atoms with van der Waals surface area (Å²) >= 11 is 0. The van der Waals surface area contributed by atoms with E-state index in [0.717, 1.165) is 0 Å². The van der Waals surface area contributed by atoms with E-state index in [4.69, 9.17) is 18.9 Å². The van der Waals surface area contributed by atoms with E-state index in [1.165, 1.54) is 21.5 Å². The average molecular weight is 496 g/mol.